The summed E-state index contributed by atoms with van der Waals surface area (Å²) in [6.07, 6.45) is 0. The molecular formula is C13H11N2NaO4S. The number of imidazole rings is 1. The minimum absolute atomic E-state index is 0. The summed E-state index contributed by atoms with van der Waals surface area (Å²) in [5.41, 5.74) is 2.12. The van der Waals surface area contributed by atoms with Gasteiger partial charge in [0.15, 0.2) is 0 Å². The Labute approximate surface area is 143 Å². The van der Waals surface area contributed by atoms with Gasteiger partial charge >= 0.3 is 29.6 Å². The van der Waals surface area contributed by atoms with Crippen molar-refractivity contribution in [1.29, 1.82) is 0 Å². The van der Waals surface area contributed by atoms with Crippen LogP contribution in [-0.4, -0.2) is 28.4 Å². The molecule has 3 aromatic rings. The average Bonchev–Trinajstić information content (AvgIpc) is 2.81. The third-order valence-electron chi connectivity index (χ3n) is 2.80. The van der Waals surface area contributed by atoms with Crippen molar-refractivity contribution in [2.75, 3.05) is 0 Å². The van der Waals surface area contributed by atoms with Gasteiger partial charge in [0.05, 0.1) is 15.9 Å². The molecule has 0 fully saturated rings. The quantitative estimate of drug-likeness (QED) is 0.480. The number of hydrogen-bond donors (Lipinski definition) is 2. The van der Waals surface area contributed by atoms with Crippen LogP contribution in [0.15, 0.2) is 53.4 Å². The van der Waals surface area contributed by atoms with Crippen LogP contribution in [0.4, 0.5) is 0 Å². The maximum absolute atomic E-state index is 11.1. The second-order valence-corrected chi connectivity index (χ2v) is 5.53. The maximum Gasteiger partial charge on any atom is 1.00 e. The van der Waals surface area contributed by atoms with Gasteiger partial charge in [-0.3, -0.25) is 4.55 Å². The van der Waals surface area contributed by atoms with Gasteiger partial charge < -0.3 is 10.5 Å². The Hall–Kier alpha value is -1.22. The topological polar surface area (TPSA) is 113 Å². The summed E-state index contributed by atoms with van der Waals surface area (Å²) in [6, 6.07) is 13.8. The smallest absolute Gasteiger partial charge is 0.870 e. The van der Waals surface area contributed by atoms with Crippen LogP contribution in [0.5, 0.6) is 0 Å². The van der Waals surface area contributed by atoms with Crippen molar-refractivity contribution < 1.29 is 48.0 Å². The van der Waals surface area contributed by atoms with Crippen LogP contribution in [0.1, 0.15) is 0 Å². The average molecular weight is 314 g/mol. The molecule has 1 heterocycles. The summed E-state index contributed by atoms with van der Waals surface area (Å²) in [5.74, 6) is 0.656. The Kier molecular flexibility index (Phi) is 5.68. The Morgan fingerprint density at radius 2 is 1.71 bits per heavy atom. The number of benzene rings is 2. The predicted molar refractivity (Wildman–Crippen MR) is 73.3 cm³/mol. The molecule has 21 heavy (non-hydrogen) atoms. The summed E-state index contributed by atoms with van der Waals surface area (Å²) < 4.78 is 31.1. The van der Waals surface area contributed by atoms with Crippen molar-refractivity contribution in [3.63, 3.8) is 0 Å². The normalized spacial score (nSPS) is 10.7. The molecule has 1 aromatic heterocycles. The Morgan fingerprint density at radius 3 is 2.33 bits per heavy atom. The second-order valence-electron chi connectivity index (χ2n) is 4.11. The molecule has 0 unspecified atom stereocenters. The minimum atomic E-state index is -4.20. The third-order valence-corrected chi connectivity index (χ3v) is 3.65. The van der Waals surface area contributed by atoms with Crippen LogP contribution in [0.3, 0.4) is 0 Å². The number of fused-ring (bicyclic) bond motifs is 1. The van der Waals surface area contributed by atoms with Gasteiger partial charge in [-0.1, -0.05) is 30.3 Å². The minimum Gasteiger partial charge on any atom is -0.870 e. The van der Waals surface area contributed by atoms with Gasteiger partial charge in [-0.25, -0.2) is 4.98 Å². The Bertz CT molecular complexity index is 847. The van der Waals surface area contributed by atoms with E-state index >= 15 is 0 Å². The van der Waals surface area contributed by atoms with E-state index in [-0.39, 0.29) is 39.9 Å². The summed E-state index contributed by atoms with van der Waals surface area (Å²) in [7, 11) is -4.20. The van der Waals surface area contributed by atoms with E-state index < -0.39 is 10.1 Å². The van der Waals surface area contributed by atoms with Crippen molar-refractivity contribution in [3.8, 4) is 11.4 Å². The molecule has 0 aliphatic heterocycles. The van der Waals surface area contributed by atoms with E-state index in [4.69, 9.17) is 4.55 Å². The monoisotopic (exact) mass is 314 g/mol. The van der Waals surface area contributed by atoms with Crippen LogP contribution in [0.25, 0.3) is 22.4 Å². The van der Waals surface area contributed by atoms with Gasteiger partial charge in [0.2, 0.25) is 0 Å². The van der Waals surface area contributed by atoms with Gasteiger partial charge in [0.1, 0.15) is 5.82 Å². The van der Waals surface area contributed by atoms with Gasteiger partial charge in [-0.15, -0.1) is 0 Å². The number of nitrogens with one attached hydrogen (secondary N) is 1. The standard InChI is InChI=1S/C13H10N2O3S.Na.H2O/c16-19(17,18)10-6-7-11-12(8-10)15-13(14-11)9-4-2-1-3-5-9;;/h1-8H,(H,14,15)(H,16,17,18);;1H2/q;+1;/p-1. The van der Waals surface area contributed by atoms with Gasteiger partial charge in [0.25, 0.3) is 10.1 Å². The van der Waals surface area contributed by atoms with E-state index in [0.717, 1.165) is 5.56 Å². The van der Waals surface area contributed by atoms with Crippen LogP contribution < -0.4 is 29.6 Å². The van der Waals surface area contributed by atoms with Crippen LogP contribution in [0.2, 0.25) is 0 Å². The van der Waals surface area contributed by atoms with Gasteiger partial charge in [-0.2, -0.15) is 8.42 Å². The molecule has 8 heteroatoms. The number of nitrogens with zero attached hydrogens (tertiary/aromatic N) is 1. The molecule has 0 bridgehead atoms. The first-order chi connectivity index (χ1) is 9.04. The van der Waals surface area contributed by atoms with E-state index in [1.807, 2.05) is 30.3 Å². The fourth-order valence-electron chi connectivity index (χ4n) is 1.88. The fourth-order valence-corrected chi connectivity index (χ4v) is 2.38. The van der Waals surface area contributed by atoms with Gasteiger partial charge in [-0.05, 0) is 18.2 Å². The van der Waals surface area contributed by atoms with E-state index in [1.54, 1.807) is 6.07 Å². The van der Waals surface area contributed by atoms with Crippen molar-refractivity contribution in [2.45, 2.75) is 4.90 Å². The number of aromatic amines is 1. The molecule has 3 rings (SSSR count). The second kappa shape index (κ2) is 6.69. The molecule has 104 valence electrons. The molecule has 2 aromatic carbocycles. The van der Waals surface area contributed by atoms with Crippen LogP contribution in [-0.2, 0) is 10.1 Å². The number of aromatic nitrogens is 2. The first-order valence-corrected chi connectivity index (χ1v) is 7.01. The molecule has 0 spiro atoms. The maximum atomic E-state index is 11.1. The van der Waals surface area contributed by atoms with Gasteiger partial charge in [0, 0.05) is 5.56 Å². The summed E-state index contributed by atoms with van der Waals surface area (Å²) in [4.78, 5) is 7.27. The predicted octanol–water partition coefficient (Wildman–Crippen LogP) is -0.696. The number of rotatable bonds is 2. The first-order valence-electron chi connectivity index (χ1n) is 5.57. The largest absolute Gasteiger partial charge is 1.00 e. The van der Waals surface area contributed by atoms with E-state index in [9.17, 15) is 8.42 Å². The fraction of sp³-hybridized carbons (Fsp3) is 0. The SMILES string of the molecule is O=S(=O)(O)c1ccc2[nH]c(-c3ccccc3)nc2c1.[Na+].[OH-]. The van der Waals surface area contributed by atoms with Crippen molar-refractivity contribution >= 4 is 21.2 Å². The molecule has 0 saturated carbocycles. The van der Waals surface area contributed by atoms with Crippen molar-refractivity contribution in [2.24, 2.45) is 0 Å². The van der Waals surface area contributed by atoms with Crippen LogP contribution in [0, 0.1) is 0 Å². The third kappa shape index (κ3) is 3.70. The molecule has 0 saturated heterocycles. The van der Waals surface area contributed by atoms with E-state index in [1.165, 1.54) is 12.1 Å². The molecule has 3 N–H and O–H groups in total. The molecule has 6 nitrogen and oxygen atoms in total. The van der Waals surface area contributed by atoms with E-state index in [0.29, 0.717) is 16.9 Å². The Balaban J connectivity index is 0.00000110. The molecule has 0 atom stereocenters. The van der Waals surface area contributed by atoms with Crippen LogP contribution >= 0.6 is 0 Å². The number of hydrogen-bond acceptors (Lipinski definition) is 4. The van der Waals surface area contributed by atoms with E-state index in [2.05, 4.69) is 9.97 Å². The summed E-state index contributed by atoms with van der Waals surface area (Å²) >= 11 is 0. The van der Waals surface area contributed by atoms with Crippen molar-refractivity contribution in [1.82, 2.24) is 9.97 Å². The Morgan fingerprint density at radius 1 is 1.05 bits per heavy atom. The molecule has 0 amide bonds. The zero-order valence-electron chi connectivity index (χ0n) is 11.2. The molecule has 0 aliphatic carbocycles. The first kappa shape index (κ1) is 17.8. The number of H-pyrrole nitrogens is 1. The molecular weight excluding hydrogens is 303 g/mol. The summed E-state index contributed by atoms with van der Waals surface area (Å²) in [5, 5.41) is 0. The zero-order chi connectivity index (χ0) is 13.5. The molecule has 0 aliphatic rings. The summed E-state index contributed by atoms with van der Waals surface area (Å²) in [6.45, 7) is 0. The van der Waals surface area contributed by atoms with Crippen molar-refractivity contribution in [3.05, 3.63) is 48.5 Å². The zero-order valence-corrected chi connectivity index (χ0v) is 14.0. The molecule has 0 radical (unpaired) electrons.